The Kier molecular flexibility index (Phi) is 2.85. The Bertz CT molecular complexity index is 752. The molecule has 1 nitrogen and oxygen atoms in total. The summed E-state index contributed by atoms with van der Waals surface area (Å²) < 4.78 is 0. The van der Waals surface area contributed by atoms with E-state index in [2.05, 4.69) is 36.4 Å². The summed E-state index contributed by atoms with van der Waals surface area (Å²) in [6.07, 6.45) is 7.40. The quantitative estimate of drug-likeness (QED) is 0.744. The van der Waals surface area contributed by atoms with Crippen LogP contribution in [0.1, 0.15) is 27.4 Å². The minimum absolute atomic E-state index is 0.126. The van der Waals surface area contributed by atoms with E-state index < -0.39 is 0 Å². The summed E-state index contributed by atoms with van der Waals surface area (Å²) in [7, 11) is 0. The van der Waals surface area contributed by atoms with Crippen LogP contribution in [0.3, 0.4) is 0 Å². The number of hydrogen-bond donors (Lipinski definition) is 0. The number of rotatable bonds is 2. The molecular weight excluding hydrogens is 256 g/mol. The highest BCUT2D eigenvalue weighted by Gasteiger charge is 2.31. The van der Waals surface area contributed by atoms with Crippen molar-refractivity contribution in [2.24, 2.45) is 5.92 Å². The topological polar surface area (TPSA) is 17.1 Å². The van der Waals surface area contributed by atoms with Crippen molar-refractivity contribution in [3.63, 3.8) is 0 Å². The molecule has 0 bridgehead atoms. The molecule has 0 saturated carbocycles. The molecule has 2 aliphatic rings. The molecule has 4 rings (SSSR count). The highest BCUT2D eigenvalue weighted by Crippen LogP contribution is 2.42. The molecule has 0 amide bonds. The highest BCUT2D eigenvalue weighted by molar-refractivity contribution is 6.10. The third kappa shape index (κ3) is 2.06. The first-order valence-corrected chi connectivity index (χ1v) is 7.40. The summed E-state index contributed by atoms with van der Waals surface area (Å²) in [4.78, 5) is 12.5. The van der Waals surface area contributed by atoms with Gasteiger partial charge in [0.15, 0.2) is 5.78 Å². The van der Waals surface area contributed by atoms with Crippen molar-refractivity contribution in [2.45, 2.75) is 12.3 Å². The fourth-order valence-corrected chi connectivity index (χ4v) is 3.47. The Morgan fingerprint density at radius 1 is 0.952 bits per heavy atom. The Hall–Kier alpha value is -2.41. The molecule has 0 heterocycles. The zero-order valence-corrected chi connectivity index (χ0v) is 11.7. The molecule has 2 atom stereocenters. The van der Waals surface area contributed by atoms with Crippen molar-refractivity contribution >= 4 is 5.78 Å². The van der Waals surface area contributed by atoms with Gasteiger partial charge in [0.2, 0.25) is 0 Å². The Balaban J connectivity index is 1.65. The molecule has 0 fully saturated rings. The third-order valence-corrected chi connectivity index (χ3v) is 4.51. The van der Waals surface area contributed by atoms with Gasteiger partial charge in [0.05, 0.1) is 0 Å². The zero-order chi connectivity index (χ0) is 14.2. The summed E-state index contributed by atoms with van der Waals surface area (Å²) >= 11 is 0. The molecule has 0 N–H and O–H groups in total. The second kappa shape index (κ2) is 4.85. The predicted molar refractivity (Wildman–Crippen MR) is 84.4 cm³/mol. The van der Waals surface area contributed by atoms with E-state index in [0.717, 1.165) is 17.6 Å². The van der Waals surface area contributed by atoms with Crippen molar-refractivity contribution in [2.75, 3.05) is 0 Å². The van der Waals surface area contributed by atoms with E-state index in [1.807, 2.05) is 36.4 Å². The molecule has 2 unspecified atom stereocenters. The van der Waals surface area contributed by atoms with Gasteiger partial charge in [-0.1, -0.05) is 72.8 Å². The van der Waals surface area contributed by atoms with Gasteiger partial charge in [-0.3, -0.25) is 4.79 Å². The van der Waals surface area contributed by atoms with E-state index in [-0.39, 0.29) is 5.78 Å². The van der Waals surface area contributed by atoms with Crippen LogP contribution in [0.25, 0.3) is 0 Å². The number of ketones is 1. The van der Waals surface area contributed by atoms with E-state index in [9.17, 15) is 4.79 Å². The van der Waals surface area contributed by atoms with Gasteiger partial charge in [-0.25, -0.2) is 0 Å². The van der Waals surface area contributed by atoms with Crippen LogP contribution in [0.4, 0.5) is 0 Å². The molecular formula is C20H16O. The number of benzene rings is 2. The maximum atomic E-state index is 12.5. The lowest BCUT2D eigenvalue weighted by atomic mass is 9.84. The van der Waals surface area contributed by atoms with Crippen LogP contribution in [-0.2, 0) is 6.42 Å². The van der Waals surface area contributed by atoms with Crippen molar-refractivity contribution < 1.29 is 4.79 Å². The second-order valence-corrected chi connectivity index (χ2v) is 5.77. The molecule has 0 aliphatic heterocycles. The van der Waals surface area contributed by atoms with Gasteiger partial charge in [-0.15, -0.1) is 0 Å². The molecule has 2 aromatic rings. The van der Waals surface area contributed by atoms with Crippen molar-refractivity contribution in [1.82, 2.24) is 0 Å². The summed E-state index contributed by atoms with van der Waals surface area (Å²) in [6, 6.07) is 18.1. The van der Waals surface area contributed by atoms with E-state index in [1.54, 1.807) is 0 Å². The molecule has 21 heavy (non-hydrogen) atoms. The summed E-state index contributed by atoms with van der Waals surface area (Å²) in [6.45, 7) is 0. The van der Waals surface area contributed by atoms with Crippen molar-refractivity contribution in [3.8, 4) is 0 Å². The Morgan fingerprint density at radius 2 is 1.71 bits per heavy atom. The van der Waals surface area contributed by atoms with Crippen LogP contribution in [0.5, 0.6) is 0 Å². The zero-order valence-electron chi connectivity index (χ0n) is 11.7. The molecule has 2 aliphatic carbocycles. The minimum atomic E-state index is 0.126. The molecule has 2 aromatic carbocycles. The number of fused-ring (bicyclic) bond motifs is 3. The standard InChI is InChI=1S/C20H16O/c21-20(14-6-2-1-3-7-14)16-10-11-19-17(13-16)12-15-8-4-5-9-18(15)19/h1-11,13,17,19H,12H2. The third-order valence-electron chi connectivity index (χ3n) is 4.51. The molecule has 0 saturated heterocycles. The molecule has 0 aromatic heterocycles. The van der Waals surface area contributed by atoms with Crippen LogP contribution in [0.2, 0.25) is 0 Å². The maximum absolute atomic E-state index is 12.5. The van der Waals surface area contributed by atoms with Crippen LogP contribution in [0.15, 0.2) is 78.4 Å². The molecule has 0 radical (unpaired) electrons. The van der Waals surface area contributed by atoms with Crippen molar-refractivity contribution in [3.05, 3.63) is 95.1 Å². The summed E-state index contributed by atoms with van der Waals surface area (Å²) in [5.41, 5.74) is 4.43. The van der Waals surface area contributed by atoms with Crippen LogP contribution >= 0.6 is 0 Å². The maximum Gasteiger partial charge on any atom is 0.192 e. The van der Waals surface area contributed by atoms with E-state index >= 15 is 0 Å². The molecule has 0 spiro atoms. The van der Waals surface area contributed by atoms with Crippen LogP contribution < -0.4 is 0 Å². The summed E-state index contributed by atoms with van der Waals surface area (Å²) in [5.74, 6) is 0.991. The molecule has 1 heteroatoms. The number of carbonyl (C=O) groups is 1. The van der Waals surface area contributed by atoms with Crippen LogP contribution in [-0.4, -0.2) is 5.78 Å². The van der Waals surface area contributed by atoms with Crippen molar-refractivity contribution in [1.29, 1.82) is 0 Å². The normalized spacial score (nSPS) is 22.4. The number of allylic oxidation sites excluding steroid dienone is 4. The van der Waals surface area contributed by atoms with E-state index in [4.69, 9.17) is 0 Å². The van der Waals surface area contributed by atoms with E-state index in [0.29, 0.717) is 11.8 Å². The number of hydrogen-bond acceptors (Lipinski definition) is 1. The SMILES string of the molecule is O=C(C1=CC2Cc3ccccc3C2C=C1)c1ccccc1. The average Bonchev–Trinajstić information content (AvgIpc) is 2.92. The fraction of sp³-hybridized carbons (Fsp3) is 0.150. The first kappa shape index (κ1) is 12.3. The van der Waals surface area contributed by atoms with Gasteiger partial charge in [0, 0.05) is 17.1 Å². The molecule has 102 valence electrons. The number of Topliss-reactive ketones (excluding diaryl/α,β-unsaturated/α-hetero) is 1. The second-order valence-electron chi connectivity index (χ2n) is 5.77. The average molecular weight is 272 g/mol. The van der Waals surface area contributed by atoms with Gasteiger partial charge < -0.3 is 0 Å². The van der Waals surface area contributed by atoms with Crippen LogP contribution in [0, 0.1) is 5.92 Å². The minimum Gasteiger partial charge on any atom is -0.289 e. The highest BCUT2D eigenvalue weighted by atomic mass is 16.1. The lowest BCUT2D eigenvalue weighted by molar-refractivity contribution is 0.103. The Labute approximate surface area is 124 Å². The first-order chi connectivity index (χ1) is 10.3. The van der Waals surface area contributed by atoms with E-state index in [1.165, 1.54) is 11.1 Å². The van der Waals surface area contributed by atoms with Gasteiger partial charge in [-0.05, 0) is 23.5 Å². The van der Waals surface area contributed by atoms with Gasteiger partial charge in [-0.2, -0.15) is 0 Å². The van der Waals surface area contributed by atoms with Gasteiger partial charge in [0.25, 0.3) is 0 Å². The summed E-state index contributed by atoms with van der Waals surface area (Å²) in [5, 5.41) is 0. The van der Waals surface area contributed by atoms with Gasteiger partial charge >= 0.3 is 0 Å². The lowest BCUT2D eigenvalue weighted by Gasteiger charge is -2.19. The first-order valence-electron chi connectivity index (χ1n) is 7.40. The van der Waals surface area contributed by atoms with Gasteiger partial charge in [0.1, 0.15) is 0 Å². The predicted octanol–water partition coefficient (Wildman–Crippen LogP) is 4.32. The Morgan fingerprint density at radius 3 is 2.57 bits per heavy atom. The number of carbonyl (C=O) groups excluding carboxylic acids is 1. The largest absolute Gasteiger partial charge is 0.289 e. The lowest BCUT2D eigenvalue weighted by Crippen LogP contribution is -2.12. The fourth-order valence-electron chi connectivity index (χ4n) is 3.47. The smallest absolute Gasteiger partial charge is 0.192 e. The monoisotopic (exact) mass is 272 g/mol.